The zero-order valence-electron chi connectivity index (χ0n) is 12.9. The Morgan fingerprint density at radius 3 is 2.75 bits per heavy atom. The van der Waals surface area contributed by atoms with Crippen LogP contribution in [0.4, 0.5) is 11.8 Å². The molecule has 11 heteroatoms. The van der Waals surface area contributed by atoms with Gasteiger partial charge >= 0.3 is 0 Å². The average Bonchev–Trinajstić information content (AvgIpc) is 3.07. The van der Waals surface area contributed by atoms with Gasteiger partial charge in [0.25, 0.3) is 0 Å². The number of hydrogen-bond acceptors (Lipinski definition) is 10. The highest BCUT2D eigenvalue weighted by atomic mass is 16.6. The summed E-state index contributed by atoms with van der Waals surface area (Å²) < 4.78 is 7.09. The summed E-state index contributed by atoms with van der Waals surface area (Å²) in [6.07, 6.45) is -2.38. The number of hydrogen-bond donors (Lipinski definition) is 6. The fourth-order valence-corrected chi connectivity index (χ4v) is 2.69. The van der Waals surface area contributed by atoms with Gasteiger partial charge in [0.05, 0.1) is 6.61 Å². The highest BCUT2D eigenvalue weighted by Gasteiger charge is 2.45. The Labute approximate surface area is 137 Å². The Morgan fingerprint density at radius 1 is 1.29 bits per heavy atom. The van der Waals surface area contributed by atoms with E-state index in [-0.39, 0.29) is 5.82 Å². The molecule has 2 aromatic heterocycles. The second kappa shape index (κ2) is 6.83. The first-order valence-electron chi connectivity index (χ1n) is 7.63. The molecule has 3 heterocycles. The number of imidazole rings is 1. The lowest BCUT2D eigenvalue weighted by Crippen LogP contribution is -2.33. The summed E-state index contributed by atoms with van der Waals surface area (Å²) >= 11 is 0. The number of aliphatic hydroxyl groups is 3. The minimum absolute atomic E-state index is 0.187. The van der Waals surface area contributed by atoms with E-state index in [0.717, 1.165) is 0 Å². The Balaban J connectivity index is 2.04. The molecule has 3 rings (SSSR count). The first-order chi connectivity index (χ1) is 11.6. The highest BCUT2D eigenvalue weighted by molar-refractivity contribution is 5.84. The lowest BCUT2D eigenvalue weighted by atomic mass is 10.1. The van der Waals surface area contributed by atoms with Crippen LogP contribution < -0.4 is 16.8 Å². The molecule has 0 aromatic carbocycles. The number of fused-ring (bicyclic) bond motifs is 1. The molecule has 4 unspecified atom stereocenters. The lowest BCUT2D eigenvalue weighted by Gasteiger charge is -2.19. The van der Waals surface area contributed by atoms with E-state index in [0.29, 0.717) is 36.6 Å². The standard InChI is InChI=1S/C13H21N7O4/c14-2-1-3-16-13-19-7-10(15)17-5-18-11(7)20(13)12-9(23)8(22)6(4-21)24-12/h5-6,8-9,12,21-23H,1-4,14H2,(H,16,19)(H2,15,17,18). The number of anilines is 2. The molecule has 1 aliphatic rings. The van der Waals surface area contributed by atoms with Crippen LogP contribution in [-0.4, -0.2) is 72.8 Å². The van der Waals surface area contributed by atoms with E-state index >= 15 is 0 Å². The summed E-state index contributed by atoms with van der Waals surface area (Å²) in [5.41, 5.74) is 12.0. The minimum Gasteiger partial charge on any atom is -0.394 e. The van der Waals surface area contributed by atoms with E-state index in [1.807, 2.05) is 0 Å². The van der Waals surface area contributed by atoms with Crippen LogP contribution in [0.1, 0.15) is 12.6 Å². The molecule has 0 radical (unpaired) electrons. The van der Waals surface area contributed by atoms with Gasteiger partial charge in [0, 0.05) is 6.54 Å². The number of nitrogens with two attached hydrogens (primary N) is 2. The van der Waals surface area contributed by atoms with E-state index in [1.54, 1.807) is 0 Å². The summed E-state index contributed by atoms with van der Waals surface area (Å²) in [6, 6.07) is 0. The van der Waals surface area contributed by atoms with Crippen molar-refractivity contribution in [3.8, 4) is 0 Å². The van der Waals surface area contributed by atoms with E-state index in [4.69, 9.17) is 16.2 Å². The van der Waals surface area contributed by atoms with E-state index < -0.39 is 31.1 Å². The maximum atomic E-state index is 10.3. The summed E-state index contributed by atoms with van der Waals surface area (Å²) in [5.74, 6) is 0.549. The van der Waals surface area contributed by atoms with Gasteiger partial charge in [-0.1, -0.05) is 0 Å². The van der Waals surface area contributed by atoms with Crippen molar-refractivity contribution in [1.82, 2.24) is 19.5 Å². The Morgan fingerprint density at radius 2 is 2.08 bits per heavy atom. The molecule has 4 atom stereocenters. The molecule has 1 aliphatic heterocycles. The van der Waals surface area contributed by atoms with Crippen molar-refractivity contribution < 1.29 is 20.1 Å². The molecule has 2 aromatic rings. The van der Waals surface area contributed by atoms with Gasteiger partial charge in [-0.15, -0.1) is 0 Å². The van der Waals surface area contributed by atoms with Gasteiger partial charge in [0.2, 0.25) is 5.95 Å². The highest BCUT2D eigenvalue weighted by Crippen LogP contribution is 2.34. The zero-order chi connectivity index (χ0) is 17.3. The van der Waals surface area contributed by atoms with Crippen molar-refractivity contribution in [1.29, 1.82) is 0 Å². The molecule has 11 nitrogen and oxygen atoms in total. The second-order valence-electron chi connectivity index (χ2n) is 5.53. The quantitative estimate of drug-likeness (QED) is 0.316. The van der Waals surface area contributed by atoms with Gasteiger partial charge in [-0.05, 0) is 13.0 Å². The largest absolute Gasteiger partial charge is 0.394 e. The number of nitrogens with one attached hydrogen (secondary N) is 1. The molecule has 8 N–H and O–H groups in total. The zero-order valence-corrected chi connectivity index (χ0v) is 12.9. The number of nitrogen functional groups attached to an aromatic ring is 1. The number of aliphatic hydroxyl groups excluding tert-OH is 3. The van der Waals surface area contributed by atoms with Crippen LogP contribution >= 0.6 is 0 Å². The summed E-state index contributed by atoms with van der Waals surface area (Å²) in [6.45, 7) is 0.624. The van der Waals surface area contributed by atoms with Crippen LogP contribution in [0.5, 0.6) is 0 Å². The van der Waals surface area contributed by atoms with E-state index in [1.165, 1.54) is 10.9 Å². The third kappa shape index (κ3) is 2.76. The third-order valence-corrected chi connectivity index (χ3v) is 3.94. The third-order valence-electron chi connectivity index (χ3n) is 3.94. The van der Waals surface area contributed by atoms with Crippen LogP contribution in [0.2, 0.25) is 0 Å². The summed E-state index contributed by atoms with van der Waals surface area (Å²) in [5, 5.41) is 32.7. The van der Waals surface area contributed by atoms with Crippen molar-refractivity contribution in [3.05, 3.63) is 6.33 Å². The van der Waals surface area contributed by atoms with Gasteiger partial charge in [-0.3, -0.25) is 4.57 Å². The Bertz CT molecular complexity index is 709. The molecule has 0 spiro atoms. The van der Waals surface area contributed by atoms with Crippen molar-refractivity contribution in [2.24, 2.45) is 5.73 Å². The van der Waals surface area contributed by atoms with Crippen LogP contribution in [0.3, 0.4) is 0 Å². The van der Waals surface area contributed by atoms with Crippen LogP contribution in [-0.2, 0) is 4.74 Å². The molecular formula is C13H21N7O4. The van der Waals surface area contributed by atoms with Gasteiger partial charge in [-0.2, -0.15) is 0 Å². The van der Waals surface area contributed by atoms with Crippen molar-refractivity contribution in [2.45, 2.75) is 31.0 Å². The van der Waals surface area contributed by atoms with Crippen molar-refractivity contribution in [3.63, 3.8) is 0 Å². The average molecular weight is 339 g/mol. The SMILES string of the molecule is NCCCNc1nc2c(N)ncnc2n1C1OC(CO)C(O)C1O. The number of aromatic nitrogens is 4. The predicted molar refractivity (Wildman–Crippen MR) is 84.9 cm³/mol. The fourth-order valence-electron chi connectivity index (χ4n) is 2.69. The molecule has 0 saturated carbocycles. The first kappa shape index (κ1) is 16.8. The maximum absolute atomic E-state index is 10.3. The van der Waals surface area contributed by atoms with E-state index in [9.17, 15) is 15.3 Å². The molecule has 132 valence electrons. The van der Waals surface area contributed by atoms with Crippen LogP contribution in [0.25, 0.3) is 11.2 Å². The number of rotatable bonds is 6. The predicted octanol–water partition coefficient (Wildman–Crippen LogP) is -2.22. The first-order valence-corrected chi connectivity index (χ1v) is 7.63. The van der Waals surface area contributed by atoms with Crippen molar-refractivity contribution >= 4 is 22.9 Å². The molecule has 24 heavy (non-hydrogen) atoms. The molecule has 0 bridgehead atoms. The molecule has 0 amide bonds. The summed E-state index contributed by atoms with van der Waals surface area (Å²) in [4.78, 5) is 12.4. The number of nitrogens with zero attached hydrogens (tertiary/aromatic N) is 4. The van der Waals surface area contributed by atoms with E-state index in [2.05, 4.69) is 20.3 Å². The lowest BCUT2D eigenvalue weighted by molar-refractivity contribution is -0.0501. The monoisotopic (exact) mass is 339 g/mol. The smallest absolute Gasteiger partial charge is 0.207 e. The van der Waals surface area contributed by atoms with Gasteiger partial charge in [0.1, 0.15) is 24.6 Å². The van der Waals surface area contributed by atoms with Crippen LogP contribution in [0.15, 0.2) is 6.33 Å². The molecule has 1 saturated heterocycles. The van der Waals surface area contributed by atoms with Gasteiger partial charge in [0.15, 0.2) is 23.2 Å². The fraction of sp³-hybridized carbons (Fsp3) is 0.615. The molecular weight excluding hydrogens is 318 g/mol. The molecule has 0 aliphatic carbocycles. The normalized spacial score (nSPS) is 27.0. The van der Waals surface area contributed by atoms with Crippen LogP contribution in [0, 0.1) is 0 Å². The molecule has 1 fully saturated rings. The van der Waals surface area contributed by atoms with Gasteiger partial charge < -0.3 is 36.8 Å². The van der Waals surface area contributed by atoms with Gasteiger partial charge in [-0.25, -0.2) is 15.0 Å². The second-order valence-corrected chi connectivity index (χ2v) is 5.53. The maximum Gasteiger partial charge on any atom is 0.207 e. The minimum atomic E-state index is -1.26. The summed E-state index contributed by atoms with van der Waals surface area (Å²) in [7, 11) is 0. The Kier molecular flexibility index (Phi) is 4.78. The van der Waals surface area contributed by atoms with Crippen molar-refractivity contribution in [2.75, 3.05) is 30.7 Å². The topological polar surface area (TPSA) is 178 Å². The Hall–Kier alpha value is -2.05. The number of ether oxygens (including phenoxy) is 1.